The molecule has 2 amide bonds. The van der Waals surface area contributed by atoms with Crippen LogP contribution in [0.2, 0.25) is 0 Å². The van der Waals surface area contributed by atoms with Gasteiger partial charge in [-0.05, 0) is 31.5 Å². The first-order chi connectivity index (χ1) is 10.5. The molecule has 0 aromatic heterocycles. The van der Waals surface area contributed by atoms with E-state index in [1.165, 1.54) is 13.3 Å². The highest BCUT2D eigenvalue weighted by Crippen LogP contribution is 2.22. The van der Waals surface area contributed by atoms with Crippen LogP contribution in [0.15, 0.2) is 23.3 Å². The van der Waals surface area contributed by atoms with Crippen molar-refractivity contribution >= 4 is 18.0 Å². The Labute approximate surface area is 129 Å². The second kappa shape index (κ2) is 8.66. The maximum Gasteiger partial charge on any atom is 0.329 e. The number of rotatable bonds is 6. The number of amides is 2. The number of hydrogen-bond acceptors (Lipinski definition) is 5. The van der Waals surface area contributed by atoms with Crippen LogP contribution in [0.1, 0.15) is 25.8 Å². The molecule has 0 saturated heterocycles. The van der Waals surface area contributed by atoms with Crippen LogP contribution in [0.4, 0.5) is 0 Å². The summed E-state index contributed by atoms with van der Waals surface area (Å²) >= 11 is 0. The molecule has 7 nitrogen and oxygen atoms in total. The van der Waals surface area contributed by atoms with Crippen molar-refractivity contribution < 1.29 is 19.1 Å². The molecular formula is C15H21N3O4. The molecule has 7 heteroatoms. The van der Waals surface area contributed by atoms with Crippen LogP contribution in [0.3, 0.4) is 0 Å². The maximum absolute atomic E-state index is 11.6. The second-order valence-electron chi connectivity index (χ2n) is 4.59. The lowest BCUT2D eigenvalue weighted by molar-refractivity contribution is -0.139. The van der Waals surface area contributed by atoms with Gasteiger partial charge in [-0.15, -0.1) is 0 Å². The third kappa shape index (κ3) is 5.08. The van der Waals surface area contributed by atoms with Crippen molar-refractivity contribution in [1.82, 2.24) is 10.7 Å². The highest BCUT2D eigenvalue weighted by Gasteiger charge is 2.14. The molecule has 0 radical (unpaired) electrons. The predicted molar refractivity (Wildman–Crippen MR) is 83.2 cm³/mol. The number of nitrogens with one attached hydrogen (secondary N) is 2. The lowest BCUT2D eigenvalue weighted by atomic mass is 10.2. The predicted octanol–water partition coefficient (Wildman–Crippen LogP) is 1.07. The van der Waals surface area contributed by atoms with Gasteiger partial charge in [-0.25, -0.2) is 5.43 Å². The second-order valence-corrected chi connectivity index (χ2v) is 4.59. The average Bonchev–Trinajstić information content (AvgIpc) is 2.54. The van der Waals surface area contributed by atoms with E-state index >= 15 is 0 Å². The summed E-state index contributed by atoms with van der Waals surface area (Å²) in [5, 5.41) is 6.31. The Morgan fingerprint density at radius 2 is 2.00 bits per heavy atom. The molecule has 0 heterocycles. The van der Waals surface area contributed by atoms with Crippen LogP contribution in [-0.2, 0) is 9.59 Å². The summed E-state index contributed by atoms with van der Waals surface area (Å²) in [4.78, 5) is 23.1. The summed E-state index contributed by atoms with van der Waals surface area (Å²) < 4.78 is 10.3. The first kappa shape index (κ1) is 17.5. The van der Waals surface area contributed by atoms with E-state index in [1.54, 1.807) is 25.3 Å². The smallest absolute Gasteiger partial charge is 0.329 e. The lowest BCUT2D eigenvalue weighted by Gasteiger charge is -2.09. The minimum absolute atomic E-state index is 0.0688. The van der Waals surface area contributed by atoms with Gasteiger partial charge >= 0.3 is 11.8 Å². The summed E-state index contributed by atoms with van der Waals surface area (Å²) in [6.07, 6.45) is 2.12. The topological polar surface area (TPSA) is 89.0 Å². The van der Waals surface area contributed by atoms with E-state index in [0.29, 0.717) is 17.1 Å². The molecule has 22 heavy (non-hydrogen) atoms. The van der Waals surface area contributed by atoms with E-state index in [-0.39, 0.29) is 6.04 Å². The average molecular weight is 307 g/mol. The van der Waals surface area contributed by atoms with Crippen molar-refractivity contribution in [2.75, 3.05) is 14.2 Å². The number of ether oxygens (including phenoxy) is 2. The molecule has 1 aromatic rings. The first-order valence-corrected chi connectivity index (χ1v) is 6.87. The van der Waals surface area contributed by atoms with Crippen LogP contribution >= 0.6 is 0 Å². The molecule has 120 valence electrons. The zero-order valence-corrected chi connectivity index (χ0v) is 13.2. The molecule has 0 spiro atoms. The third-order valence-electron chi connectivity index (χ3n) is 3.00. The Morgan fingerprint density at radius 3 is 2.59 bits per heavy atom. The monoisotopic (exact) mass is 307 g/mol. The fourth-order valence-corrected chi connectivity index (χ4v) is 1.54. The van der Waals surface area contributed by atoms with Crippen LogP contribution in [0.25, 0.3) is 0 Å². The maximum atomic E-state index is 11.6. The van der Waals surface area contributed by atoms with Gasteiger partial charge in [0.15, 0.2) is 0 Å². The van der Waals surface area contributed by atoms with Gasteiger partial charge in [0.1, 0.15) is 11.5 Å². The van der Waals surface area contributed by atoms with Crippen LogP contribution < -0.4 is 20.2 Å². The number of hydrazone groups is 1. The van der Waals surface area contributed by atoms with E-state index in [4.69, 9.17) is 9.47 Å². The highest BCUT2D eigenvalue weighted by atomic mass is 16.5. The fraction of sp³-hybridized carbons (Fsp3) is 0.400. The van der Waals surface area contributed by atoms with Gasteiger partial charge in [0, 0.05) is 11.6 Å². The summed E-state index contributed by atoms with van der Waals surface area (Å²) in [7, 11) is 3.07. The highest BCUT2D eigenvalue weighted by molar-refractivity contribution is 6.35. The summed E-state index contributed by atoms with van der Waals surface area (Å²) in [5.41, 5.74) is 2.79. The molecule has 0 bridgehead atoms. The van der Waals surface area contributed by atoms with E-state index in [2.05, 4.69) is 15.8 Å². The zero-order valence-electron chi connectivity index (χ0n) is 13.2. The van der Waals surface area contributed by atoms with Gasteiger partial charge in [-0.2, -0.15) is 5.10 Å². The van der Waals surface area contributed by atoms with Crippen LogP contribution in [-0.4, -0.2) is 38.3 Å². The molecule has 0 aliphatic carbocycles. The number of methoxy groups -OCH3 is 2. The van der Waals surface area contributed by atoms with E-state index in [0.717, 1.165) is 6.42 Å². The molecule has 0 aliphatic rings. The van der Waals surface area contributed by atoms with Gasteiger partial charge < -0.3 is 14.8 Å². The van der Waals surface area contributed by atoms with Gasteiger partial charge in [0.25, 0.3) is 0 Å². The number of nitrogens with zero attached hydrogens (tertiary/aromatic N) is 1. The number of carbonyl (C=O) groups is 2. The van der Waals surface area contributed by atoms with Gasteiger partial charge in [-0.3, -0.25) is 9.59 Å². The molecule has 1 aromatic carbocycles. The molecule has 0 saturated carbocycles. The third-order valence-corrected chi connectivity index (χ3v) is 3.00. The van der Waals surface area contributed by atoms with Gasteiger partial charge in [0.2, 0.25) is 0 Å². The molecule has 2 N–H and O–H groups in total. The molecule has 0 fully saturated rings. The minimum Gasteiger partial charge on any atom is -0.497 e. The largest absolute Gasteiger partial charge is 0.497 e. The Bertz CT molecular complexity index is 558. The zero-order chi connectivity index (χ0) is 16.5. The van der Waals surface area contributed by atoms with Crippen molar-refractivity contribution in [2.45, 2.75) is 26.3 Å². The number of benzene rings is 1. The normalized spacial score (nSPS) is 11.8. The van der Waals surface area contributed by atoms with Crippen molar-refractivity contribution in [2.24, 2.45) is 5.10 Å². The summed E-state index contributed by atoms with van der Waals surface area (Å²) in [6.45, 7) is 3.73. The Kier molecular flexibility index (Phi) is 6.88. The number of carbonyl (C=O) groups excluding carboxylic acids is 2. The van der Waals surface area contributed by atoms with E-state index in [9.17, 15) is 9.59 Å². The molecule has 0 aliphatic heterocycles. The molecule has 0 unspecified atom stereocenters. The Morgan fingerprint density at radius 1 is 1.27 bits per heavy atom. The summed E-state index contributed by atoms with van der Waals surface area (Å²) in [5.74, 6) is -0.339. The van der Waals surface area contributed by atoms with Crippen molar-refractivity contribution in [3.8, 4) is 11.5 Å². The van der Waals surface area contributed by atoms with Crippen LogP contribution in [0.5, 0.6) is 11.5 Å². The molecule has 1 atom stereocenters. The van der Waals surface area contributed by atoms with E-state index in [1.807, 2.05) is 13.8 Å². The van der Waals surface area contributed by atoms with Crippen molar-refractivity contribution in [3.05, 3.63) is 23.8 Å². The van der Waals surface area contributed by atoms with Gasteiger partial charge in [0.05, 0.1) is 20.4 Å². The standard InChI is InChI=1S/C15H21N3O4/c1-5-10(2)17-14(19)15(20)18-16-9-11-8-12(21-3)6-7-13(11)22-4/h6-10H,5H2,1-4H3,(H,17,19)(H,18,20)/b16-9-/t10-/m0/s1. The molecular weight excluding hydrogens is 286 g/mol. The van der Waals surface area contributed by atoms with E-state index < -0.39 is 11.8 Å². The fourth-order valence-electron chi connectivity index (χ4n) is 1.54. The van der Waals surface area contributed by atoms with Gasteiger partial charge in [-0.1, -0.05) is 6.92 Å². The molecule has 1 rings (SSSR count). The number of hydrogen-bond donors (Lipinski definition) is 2. The quantitative estimate of drug-likeness (QED) is 0.467. The Balaban J connectivity index is 2.69. The Hall–Kier alpha value is -2.57. The van der Waals surface area contributed by atoms with Crippen molar-refractivity contribution in [3.63, 3.8) is 0 Å². The van der Waals surface area contributed by atoms with Crippen LogP contribution in [0, 0.1) is 0 Å². The first-order valence-electron chi connectivity index (χ1n) is 6.87. The minimum atomic E-state index is -0.821. The summed E-state index contributed by atoms with van der Waals surface area (Å²) in [6, 6.07) is 5.10. The SMILES string of the molecule is CC[C@H](C)NC(=O)C(=O)N/N=C\c1cc(OC)ccc1OC. The van der Waals surface area contributed by atoms with Crippen molar-refractivity contribution in [1.29, 1.82) is 0 Å². The lowest BCUT2D eigenvalue weighted by Crippen LogP contribution is -2.41.